The van der Waals surface area contributed by atoms with E-state index in [0.717, 1.165) is 23.1 Å². The summed E-state index contributed by atoms with van der Waals surface area (Å²) in [6, 6.07) is 11.7. The molecule has 0 aliphatic carbocycles. The van der Waals surface area contributed by atoms with Crippen LogP contribution in [0.15, 0.2) is 48.5 Å². The van der Waals surface area contributed by atoms with Gasteiger partial charge in [0.25, 0.3) is 0 Å². The molecule has 0 aliphatic rings. The van der Waals surface area contributed by atoms with Gasteiger partial charge < -0.3 is 4.74 Å². The third-order valence-electron chi connectivity index (χ3n) is 3.95. The lowest BCUT2D eigenvalue weighted by Gasteiger charge is -2.10. The summed E-state index contributed by atoms with van der Waals surface area (Å²) in [6.45, 7) is 1.88. The Morgan fingerprint density at radius 3 is 2.32 bits per heavy atom. The number of carbonyl (C=O) groups excluding carboxylic acids is 1. The summed E-state index contributed by atoms with van der Waals surface area (Å²) in [7, 11) is 1.30. The second kappa shape index (κ2) is 6.20. The van der Waals surface area contributed by atoms with Crippen molar-refractivity contribution in [1.82, 2.24) is 4.98 Å². The van der Waals surface area contributed by atoms with Gasteiger partial charge in [-0.3, -0.25) is 0 Å². The van der Waals surface area contributed by atoms with Gasteiger partial charge in [0.1, 0.15) is 0 Å². The van der Waals surface area contributed by atoms with Gasteiger partial charge in [-0.1, -0.05) is 18.2 Å². The van der Waals surface area contributed by atoms with Gasteiger partial charge in [-0.2, -0.15) is 13.2 Å². The minimum absolute atomic E-state index is 0.367. The van der Waals surface area contributed by atoms with Crippen LogP contribution in [-0.4, -0.2) is 18.1 Å². The van der Waals surface area contributed by atoms with Gasteiger partial charge in [0.2, 0.25) is 0 Å². The minimum Gasteiger partial charge on any atom is -0.465 e. The number of aryl methyl sites for hydroxylation is 1. The molecular weight excluding hydrogens is 331 g/mol. The van der Waals surface area contributed by atoms with Gasteiger partial charge in [0, 0.05) is 10.9 Å². The Morgan fingerprint density at radius 1 is 1.04 bits per heavy atom. The Bertz CT molecular complexity index is 947. The van der Waals surface area contributed by atoms with Gasteiger partial charge in [0.15, 0.2) is 0 Å². The number of nitrogens with zero attached hydrogens (tertiary/aromatic N) is 1. The van der Waals surface area contributed by atoms with Crippen molar-refractivity contribution in [3.8, 4) is 11.3 Å². The maximum Gasteiger partial charge on any atom is 0.416 e. The molecule has 128 valence electrons. The summed E-state index contributed by atoms with van der Waals surface area (Å²) in [5.41, 5.74) is 2.27. The minimum atomic E-state index is -4.37. The van der Waals surface area contributed by atoms with Crippen LogP contribution in [0.3, 0.4) is 0 Å². The van der Waals surface area contributed by atoms with E-state index in [1.165, 1.54) is 19.2 Å². The molecule has 0 bridgehead atoms. The summed E-state index contributed by atoms with van der Waals surface area (Å²) in [5, 5.41) is 0.864. The first-order valence-corrected chi connectivity index (χ1v) is 7.47. The number of aromatic nitrogens is 1. The van der Waals surface area contributed by atoms with E-state index in [4.69, 9.17) is 4.74 Å². The number of esters is 1. The number of benzene rings is 2. The number of hydrogen-bond acceptors (Lipinski definition) is 3. The maximum atomic E-state index is 12.7. The second-order valence-corrected chi connectivity index (χ2v) is 5.62. The van der Waals surface area contributed by atoms with Crippen molar-refractivity contribution in [1.29, 1.82) is 0 Å². The fraction of sp³-hybridized carbons (Fsp3) is 0.158. The molecule has 0 atom stereocenters. The summed E-state index contributed by atoms with van der Waals surface area (Å²) < 4.78 is 42.8. The summed E-state index contributed by atoms with van der Waals surface area (Å²) in [4.78, 5) is 16.2. The monoisotopic (exact) mass is 345 g/mol. The first-order valence-electron chi connectivity index (χ1n) is 7.47. The summed E-state index contributed by atoms with van der Waals surface area (Å²) in [5.74, 6) is -0.471. The number of hydrogen-bond donors (Lipinski definition) is 0. The lowest BCUT2D eigenvalue weighted by atomic mass is 10.0. The average Bonchev–Trinajstić information content (AvgIpc) is 2.59. The number of pyridine rings is 1. The van der Waals surface area contributed by atoms with Crippen LogP contribution in [-0.2, 0) is 10.9 Å². The zero-order valence-electron chi connectivity index (χ0n) is 13.5. The van der Waals surface area contributed by atoms with Gasteiger partial charge in [0.05, 0.1) is 29.4 Å². The van der Waals surface area contributed by atoms with Crippen molar-refractivity contribution in [3.05, 3.63) is 65.2 Å². The topological polar surface area (TPSA) is 39.2 Å². The van der Waals surface area contributed by atoms with E-state index in [9.17, 15) is 18.0 Å². The number of methoxy groups -OCH3 is 1. The molecule has 0 aliphatic heterocycles. The molecule has 0 unspecified atom stereocenters. The third-order valence-corrected chi connectivity index (χ3v) is 3.95. The Labute approximate surface area is 142 Å². The van der Waals surface area contributed by atoms with Crippen molar-refractivity contribution in [2.24, 2.45) is 0 Å². The van der Waals surface area contributed by atoms with Crippen LogP contribution in [0.4, 0.5) is 13.2 Å². The normalized spacial score (nSPS) is 11.6. The molecule has 6 heteroatoms. The van der Waals surface area contributed by atoms with Gasteiger partial charge >= 0.3 is 12.1 Å². The number of fused-ring (bicyclic) bond motifs is 1. The molecule has 0 fully saturated rings. The van der Waals surface area contributed by atoms with Crippen LogP contribution in [0, 0.1) is 6.92 Å². The van der Waals surface area contributed by atoms with Crippen molar-refractivity contribution >= 4 is 16.9 Å². The van der Waals surface area contributed by atoms with Gasteiger partial charge in [-0.25, -0.2) is 9.78 Å². The fourth-order valence-corrected chi connectivity index (χ4v) is 2.63. The van der Waals surface area contributed by atoms with E-state index in [2.05, 4.69) is 4.98 Å². The summed E-state index contributed by atoms with van der Waals surface area (Å²) in [6.07, 6.45) is -4.37. The Kier molecular flexibility index (Phi) is 4.20. The molecule has 3 aromatic rings. The van der Waals surface area contributed by atoms with E-state index >= 15 is 0 Å². The van der Waals surface area contributed by atoms with Crippen LogP contribution in [0.25, 0.3) is 22.2 Å². The largest absolute Gasteiger partial charge is 0.465 e. The molecule has 25 heavy (non-hydrogen) atoms. The molecule has 3 nitrogen and oxygen atoms in total. The Hall–Kier alpha value is -2.89. The van der Waals surface area contributed by atoms with E-state index in [0.29, 0.717) is 22.3 Å². The number of halogens is 3. The molecule has 0 radical (unpaired) electrons. The predicted octanol–water partition coefficient (Wildman–Crippen LogP) is 5.02. The molecule has 3 rings (SSSR count). The Balaban J connectivity index is 2.09. The molecular formula is C19H14F3NO2. The number of carbonyl (C=O) groups is 1. The van der Waals surface area contributed by atoms with E-state index < -0.39 is 17.7 Å². The number of rotatable bonds is 2. The van der Waals surface area contributed by atoms with Crippen LogP contribution < -0.4 is 0 Å². The van der Waals surface area contributed by atoms with Gasteiger partial charge in [-0.05, 0) is 42.8 Å². The molecule has 0 saturated carbocycles. The predicted molar refractivity (Wildman–Crippen MR) is 88.3 cm³/mol. The molecule has 0 saturated heterocycles. The van der Waals surface area contributed by atoms with E-state index in [1.54, 1.807) is 18.2 Å². The molecule has 2 aromatic carbocycles. The SMILES string of the molecule is COC(=O)c1ccc2c(C)cc(-c3ccc(C(F)(F)F)cc3)nc2c1. The first-order chi connectivity index (χ1) is 11.8. The highest BCUT2D eigenvalue weighted by Crippen LogP contribution is 2.31. The highest BCUT2D eigenvalue weighted by molar-refractivity contribution is 5.95. The van der Waals surface area contributed by atoms with Crippen LogP contribution in [0.1, 0.15) is 21.5 Å². The van der Waals surface area contributed by atoms with Crippen molar-refractivity contribution in [2.45, 2.75) is 13.1 Å². The van der Waals surface area contributed by atoms with Crippen molar-refractivity contribution < 1.29 is 22.7 Å². The quantitative estimate of drug-likeness (QED) is 0.613. The van der Waals surface area contributed by atoms with Crippen molar-refractivity contribution in [3.63, 3.8) is 0 Å². The van der Waals surface area contributed by atoms with Gasteiger partial charge in [-0.15, -0.1) is 0 Å². The zero-order valence-corrected chi connectivity index (χ0v) is 13.5. The first kappa shape index (κ1) is 17.0. The molecule has 1 heterocycles. The lowest BCUT2D eigenvalue weighted by molar-refractivity contribution is -0.137. The van der Waals surface area contributed by atoms with E-state index in [1.807, 2.05) is 13.0 Å². The van der Waals surface area contributed by atoms with Crippen LogP contribution >= 0.6 is 0 Å². The molecule has 0 spiro atoms. The number of alkyl halides is 3. The lowest BCUT2D eigenvalue weighted by Crippen LogP contribution is -2.04. The van der Waals surface area contributed by atoms with E-state index in [-0.39, 0.29) is 0 Å². The van der Waals surface area contributed by atoms with Crippen molar-refractivity contribution in [2.75, 3.05) is 7.11 Å². The smallest absolute Gasteiger partial charge is 0.416 e. The average molecular weight is 345 g/mol. The number of ether oxygens (including phenoxy) is 1. The molecule has 0 N–H and O–H groups in total. The van der Waals surface area contributed by atoms with Crippen LogP contribution in [0.2, 0.25) is 0 Å². The molecule has 0 amide bonds. The fourth-order valence-electron chi connectivity index (χ4n) is 2.63. The standard InChI is InChI=1S/C19H14F3NO2/c1-11-9-16(12-3-6-14(7-4-12)19(20,21)22)23-17-10-13(18(24)25-2)5-8-15(11)17/h3-10H,1-2H3. The molecule has 1 aromatic heterocycles. The third kappa shape index (κ3) is 3.33. The highest BCUT2D eigenvalue weighted by Gasteiger charge is 2.30. The Morgan fingerprint density at radius 2 is 1.72 bits per heavy atom. The zero-order chi connectivity index (χ0) is 18.2. The second-order valence-electron chi connectivity index (χ2n) is 5.62. The van der Waals surface area contributed by atoms with Crippen LogP contribution in [0.5, 0.6) is 0 Å². The summed E-state index contributed by atoms with van der Waals surface area (Å²) >= 11 is 0. The maximum absolute atomic E-state index is 12.7. The highest BCUT2D eigenvalue weighted by atomic mass is 19.4.